The van der Waals surface area contributed by atoms with Crippen LogP contribution in [0.3, 0.4) is 0 Å². The zero-order valence-corrected chi connectivity index (χ0v) is 21.1. The Bertz CT molecular complexity index is 1270. The predicted molar refractivity (Wildman–Crippen MR) is 130 cm³/mol. The average molecular weight is 482 g/mol. The van der Waals surface area contributed by atoms with Gasteiger partial charge in [0.05, 0.1) is 4.90 Å². The molecule has 0 bridgehead atoms. The molecule has 2 aliphatic heterocycles. The fourth-order valence-electron chi connectivity index (χ4n) is 4.49. The molecule has 0 aromatic heterocycles. The van der Waals surface area contributed by atoms with E-state index in [0.29, 0.717) is 12.0 Å². The fourth-order valence-corrected chi connectivity index (χ4v) is 6.25. The summed E-state index contributed by atoms with van der Waals surface area (Å²) < 4.78 is 28.9. The van der Waals surface area contributed by atoms with E-state index in [-0.39, 0.29) is 41.5 Å². The SMILES string of the molecule is Cc1ccc(CC2C(=O)N(C(C)C)C=C3N2C(=O)CCN3S(=O)(=O)c2cc(C)ccc2C)cc1. The highest BCUT2D eigenvalue weighted by Gasteiger charge is 2.46. The van der Waals surface area contributed by atoms with Crippen molar-refractivity contribution in [3.63, 3.8) is 0 Å². The Hall–Kier alpha value is -3.13. The van der Waals surface area contributed by atoms with Gasteiger partial charge in [0.2, 0.25) is 11.8 Å². The van der Waals surface area contributed by atoms with Crippen molar-refractivity contribution in [3.8, 4) is 0 Å². The minimum Gasteiger partial charge on any atom is -0.311 e. The van der Waals surface area contributed by atoms with Gasteiger partial charge in [0, 0.05) is 31.6 Å². The summed E-state index contributed by atoms with van der Waals surface area (Å²) in [7, 11) is -3.94. The van der Waals surface area contributed by atoms with Crippen molar-refractivity contribution in [2.45, 2.75) is 64.4 Å². The number of carbonyl (C=O) groups is 2. The van der Waals surface area contributed by atoms with Gasteiger partial charge in [-0.2, -0.15) is 0 Å². The van der Waals surface area contributed by atoms with Gasteiger partial charge in [0.1, 0.15) is 11.9 Å². The highest BCUT2D eigenvalue weighted by Crippen LogP contribution is 2.34. The van der Waals surface area contributed by atoms with Crippen LogP contribution in [-0.4, -0.2) is 53.0 Å². The summed E-state index contributed by atoms with van der Waals surface area (Å²) in [6.07, 6.45) is 1.85. The number of amides is 2. The second-order valence-electron chi connectivity index (χ2n) is 9.39. The lowest BCUT2D eigenvalue weighted by atomic mass is 9.99. The number of rotatable bonds is 5. The summed E-state index contributed by atoms with van der Waals surface area (Å²) in [5.74, 6) is -0.214. The van der Waals surface area contributed by atoms with E-state index in [4.69, 9.17) is 0 Å². The van der Waals surface area contributed by atoms with Crippen molar-refractivity contribution in [1.82, 2.24) is 14.1 Å². The average Bonchev–Trinajstić information content (AvgIpc) is 2.78. The van der Waals surface area contributed by atoms with Crippen molar-refractivity contribution >= 4 is 21.8 Å². The number of fused-ring (bicyclic) bond motifs is 1. The molecule has 34 heavy (non-hydrogen) atoms. The molecule has 0 aliphatic carbocycles. The Morgan fingerprint density at radius 1 is 0.971 bits per heavy atom. The third-order valence-corrected chi connectivity index (χ3v) is 8.37. The minimum absolute atomic E-state index is 0.0147. The highest BCUT2D eigenvalue weighted by atomic mass is 32.2. The van der Waals surface area contributed by atoms with Gasteiger partial charge in [-0.25, -0.2) is 12.7 Å². The van der Waals surface area contributed by atoms with Crippen molar-refractivity contribution in [2.24, 2.45) is 0 Å². The highest BCUT2D eigenvalue weighted by molar-refractivity contribution is 7.89. The maximum atomic E-state index is 13.8. The summed E-state index contributed by atoms with van der Waals surface area (Å²) in [4.78, 5) is 29.8. The zero-order valence-electron chi connectivity index (χ0n) is 20.3. The Morgan fingerprint density at radius 3 is 2.26 bits per heavy atom. The van der Waals surface area contributed by atoms with E-state index in [1.165, 1.54) is 15.4 Å². The lowest BCUT2D eigenvalue weighted by Crippen LogP contribution is -2.61. The third-order valence-electron chi connectivity index (χ3n) is 6.42. The molecular formula is C26H31N3O4S. The van der Waals surface area contributed by atoms with Crippen LogP contribution < -0.4 is 0 Å². The summed E-state index contributed by atoms with van der Waals surface area (Å²) in [5, 5.41) is 0. The lowest BCUT2D eigenvalue weighted by molar-refractivity contribution is -0.148. The first-order valence-electron chi connectivity index (χ1n) is 11.5. The van der Waals surface area contributed by atoms with E-state index in [1.54, 1.807) is 24.0 Å². The summed E-state index contributed by atoms with van der Waals surface area (Å²) in [6.45, 7) is 9.39. The van der Waals surface area contributed by atoms with Crippen LogP contribution >= 0.6 is 0 Å². The Labute approximate surface area is 201 Å². The fraction of sp³-hybridized carbons (Fsp3) is 0.385. The number of hydrogen-bond donors (Lipinski definition) is 0. The molecule has 0 radical (unpaired) electrons. The maximum Gasteiger partial charge on any atom is 0.265 e. The van der Waals surface area contributed by atoms with Crippen LogP contribution in [0.2, 0.25) is 0 Å². The third kappa shape index (κ3) is 4.22. The molecule has 0 saturated carbocycles. The second kappa shape index (κ2) is 8.91. The van der Waals surface area contributed by atoms with Gasteiger partial charge < -0.3 is 4.90 Å². The number of sulfonamides is 1. The van der Waals surface area contributed by atoms with Crippen LogP contribution in [0, 0.1) is 20.8 Å². The molecule has 0 spiro atoms. The molecule has 1 saturated heterocycles. The van der Waals surface area contributed by atoms with Crippen LogP contribution in [0.1, 0.15) is 42.5 Å². The van der Waals surface area contributed by atoms with Gasteiger partial charge in [0.25, 0.3) is 10.0 Å². The molecule has 2 amide bonds. The van der Waals surface area contributed by atoms with Gasteiger partial charge >= 0.3 is 0 Å². The zero-order chi connectivity index (χ0) is 24.8. The van der Waals surface area contributed by atoms with E-state index < -0.39 is 16.1 Å². The maximum absolute atomic E-state index is 13.8. The molecule has 8 heteroatoms. The van der Waals surface area contributed by atoms with Crippen molar-refractivity contribution < 1.29 is 18.0 Å². The summed E-state index contributed by atoms with van der Waals surface area (Å²) >= 11 is 0. The summed E-state index contributed by atoms with van der Waals surface area (Å²) in [6, 6.07) is 12.1. The van der Waals surface area contributed by atoms with Crippen LogP contribution in [0.4, 0.5) is 0 Å². The number of nitrogens with zero attached hydrogens (tertiary/aromatic N) is 3. The second-order valence-corrected chi connectivity index (χ2v) is 11.2. The van der Waals surface area contributed by atoms with Crippen LogP contribution in [0.15, 0.2) is 59.4 Å². The van der Waals surface area contributed by atoms with E-state index in [2.05, 4.69) is 0 Å². The van der Waals surface area contributed by atoms with E-state index in [0.717, 1.165) is 16.7 Å². The molecule has 0 N–H and O–H groups in total. The Kier molecular flexibility index (Phi) is 6.29. The van der Waals surface area contributed by atoms with Gasteiger partial charge in [-0.15, -0.1) is 0 Å². The standard InChI is InChI=1S/C26H31N3O4S/c1-17(2)27-16-24-28(34(32,33)23-14-19(4)6-9-20(23)5)13-12-25(30)29(24)22(26(27)31)15-21-10-7-18(3)8-11-21/h6-11,14,16-17,22H,12-13,15H2,1-5H3. The molecule has 1 unspecified atom stereocenters. The quantitative estimate of drug-likeness (QED) is 0.655. The molecule has 7 nitrogen and oxygen atoms in total. The monoisotopic (exact) mass is 481 g/mol. The van der Waals surface area contributed by atoms with Crippen molar-refractivity contribution in [3.05, 3.63) is 76.7 Å². The van der Waals surface area contributed by atoms with Gasteiger partial charge in [-0.1, -0.05) is 42.0 Å². The molecule has 2 aromatic carbocycles. The molecular weight excluding hydrogens is 450 g/mol. The van der Waals surface area contributed by atoms with Crippen LogP contribution in [-0.2, 0) is 26.0 Å². The molecule has 1 fully saturated rings. The Balaban J connectivity index is 1.82. The first kappa shape index (κ1) is 24.0. The van der Waals surface area contributed by atoms with Gasteiger partial charge in [0.15, 0.2) is 0 Å². The van der Waals surface area contributed by atoms with E-state index in [9.17, 15) is 18.0 Å². The molecule has 1 atom stereocenters. The molecule has 2 aromatic rings. The van der Waals surface area contributed by atoms with E-state index >= 15 is 0 Å². The molecule has 2 aliphatic rings. The van der Waals surface area contributed by atoms with Crippen LogP contribution in [0.25, 0.3) is 0 Å². The van der Waals surface area contributed by atoms with Gasteiger partial charge in [-0.05, 0) is 57.4 Å². The predicted octanol–water partition coefficient (Wildman–Crippen LogP) is 3.50. The van der Waals surface area contributed by atoms with Crippen LogP contribution in [0.5, 0.6) is 0 Å². The largest absolute Gasteiger partial charge is 0.311 e. The molecule has 4 rings (SSSR count). The molecule has 180 valence electrons. The summed E-state index contributed by atoms with van der Waals surface area (Å²) in [5.41, 5.74) is 3.49. The van der Waals surface area contributed by atoms with E-state index in [1.807, 2.05) is 58.0 Å². The van der Waals surface area contributed by atoms with Crippen molar-refractivity contribution in [1.29, 1.82) is 0 Å². The number of aryl methyl sites for hydroxylation is 3. The first-order chi connectivity index (χ1) is 16.0. The number of carbonyl (C=O) groups excluding carboxylic acids is 2. The van der Waals surface area contributed by atoms with Crippen molar-refractivity contribution in [2.75, 3.05) is 6.54 Å². The number of benzene rings is 2. The Morgan fingerprint density at radius 2 is 1.62 bits per heavy atom. The number of hydrogen-bond acceptors (Lipinski definition) is 4. The normalized spacial score (nSPS) is 18.9. The minimum atomic E-state index is -3.94. The molecule has 2 heterocycles. The lowest BCUT2D eigenvalue weighted by Gasteiger charge is -2.47. The first-order valence-corrected chi connectivity index (χ1v) is 13.0. The smallest absolute Gasteiger partial charge is 0.265 e. The van der Waals surface area contributed by atoms with Gasteiger partial charge in [-0.3, -0.25) is 14.5 Å². The topological polar surface area (TPSA) is 78.0 Å².